The zero-order valence-corrected chi connectivity index (χ0v) is 10.4. The van der Waals surface area contributed by atoms with E-state index in [4.69, 9.17) is 0 Å². The summed E-state index contributed by atoms with van der Waals surface area (Å²) >= 11 is 0. The van der Waals surface area contributed by atoms with E-state index in [9.17, 15) is 9.59 Å². The van der Waals surface area contributed by atoms with Crippen molar-refractivity contribution in [2.45, 2.75) is 25.8 Å². The molecule has 1 aliphatic carbocycles. The van der Waals surface area contributed by atoms with Crippen LogP contribution in [0.4, 0.5) is 5.69 Å². The van der Waals surface area contributed by atoms with Crippen LogP contribution in [0.5, 0.6) is 0 Å². The van der Waals surface area contributed by atoms with Gasteiger partial charge in [-0.05, 0) is 31.4 Å². The summed E-state index contributed by atoms with van der Waals surface area (Å²) in [6.45, 7) is 3.25. The maximum atomic E-state index is 12.0. The lowest BCUT2D eigenvalue weighted by molar-refractivity contribution is -0.114. The molecule has 4 heteroatoms. The van der Waals surface area contributed by atoms with Gasteiger partial charge in [-0.15, -0.1) is 0 Å². The third-order valence-corrected chi connectivity index (χ3v) is 3.54. The molecular weight excluding hydrogens is 228 g/mol. The number of benzene rings is 1. The van der Waals surface area contributed by atoms with Gasteiger partial charge in [0, 0.05) is 19.1 Å². The summed E-state index contributed by atoms with van der Waals surface area (Å²) in [4.78, 5) is 25.4. The number of para-hydroxylation sites is 1. The molecule has 1 aromatic rings. The maximum absolute atomic E-state index is 12.0. The SMILES string of the molecule is Cc1cccc2c1N(CCNC1CC1)C(=O)C2=O. The van der Waals surface area contributed by atoms with Crippen LogP contribution in [0.15, 0.2) is 18.2 Å². The molecule has 1 fully saturated rings. The third kappa shape index (κ3) is 1.82. The Balaban J connectivity index is 1.81. The molecule has 1 aliphatic heterocycles. The van der Waals surface area contributed by atoms with E-state index < -0.39 is 5.91 Å². The molecule has 0 atom stereocenters. The molecule has 1 aromatic carbocycles. The minimum absolute atomic E-state index is 0.375. The van der Waals surface area contributed by atoms with Gasteiger partial charge in [0.25, 0.3) is 11.7 Å². The highest BCUT2D eigenvalue weighted by Gasteiger charge is 2.36. The van der Waals surface area contributed by atoms with Gasteiger partial charge < -0.3 is 10.2 Å². The number of nitrogens with zero attached hydrogens (tertiary/aromatic N) is 1. The number of fused-ring (bicyclic) bond motifs is 1. The Morgan fingerprint density at radius 1 is 1.33 bits per heavy atom. The summed E-state index contributed by atoms with van der Waals surface area (Å²) < 4.78 is 0. The Labute approximate surface area is 106 Å². The number of aryl methyl sites for hydroxylation is 1. The topological polar surface area (TPSA) is 49.4 Å². The van der Waals surface area contributed by atoms with Gasteiger partial charge in [-0.2, -0.15) is 0 Å². The summed E-state index contributed by atoms with van der Waals surface area (Å²) in [5, 5.41) is 3.36. The maximum Gasteiger partial charge on any atom is 0.299 e. The van der Waals surface area contributed by atoms with Gasteiger partial charge in [0.1, 0.15) is 0 Å². The zero-order chi connectivity index (χ0) is 12.7. The first kappa shape index (κ1) is 11.4. The molecule has 0 aromatic heterocycles. The lowest BCUT2D eigenvalue weighted by Gasteiger charge is -2.18. The molecule has 0 unspecified atom stereocenters. The predicted octanol–water partition coefficient (Wildman–Crippen LogP) is 1.28. The molecule has 1 N–H and O–H groups in total. The molecule has 94 valence electrons. The van der Waals surface area contributed by atoms with Crippen molar-refractivity contribution >= 4 is 17.4 Å². The Kier molecular flexibility index (Phi) is 2.67. The van der Waals surface area contributed by atoms with Crippen LogP contribution in [0.1, 0.15) is 28.8 Å². The fraction of sp³-hybridized carbons (Fsp3) is 0.429. The highest BCUT2D eigenvalue weighted by atomic mass is 16.2. The Bertz CT molecular complexity index is 521. The van der Waals surface area contributed by atoms with Gasteiger partial charge in [-0.25, -0.2) is 0 Å². The minimum Gasteiger partial charge on any atom is -0.312 e. The molecule has 2 aliphatic rings. The molecular formula is C14H16N2O2. The number of amides is 1. The molecule has 1 saturated carbocycles. The molecule has 1 heterocycles. The van der Waals surface area contributed by atoms with Crippen LogP contribution in [0.3, 0.4) is 0 Å². The molecule has 0 radical (unpaired) electrons. The van der Waals surface area contributed by atoms with Crippen molar-refractivity contribution in [2.75, 3.05) is 18.0 Å². The van der Waals surface area contributed by atoms with Gasteiger partial charge in [0.2, 0.25) is 0 Å². The smallest absolute Gasteiger partial charge is 0.299 e. The molecule has 18 heavy (non-hydrogen) atoms. The second-order valence-corrected chi connectivity index (χ2v) is 4.99. The average Bonchev–Trinajstić information content (AvgIpc) is 3.14. The van der Waals surface area contributed by atoms with Crippen molar-refractivity contribution in [1.29, 1.82) is 0 Å². The monoisotopic (exact) mass is 244 g/mol. The van der Waals surface area contributed by atoms with Crippen LogP contribution in [-0.2, 0) is 4.79 Å². The fourth-order valence-corrected chi connectivity index (χ4v) is 2.42. The van der Waals surface area contributed by atoms with Crippen molar-refractivity contribution in [2.24, 2.45) is 0 Å². The summed E-state index contributed by atoms with van der Waals surface area (Å²) in [5.74, 6) is -0.767. The number of rotatable bonds is 4. The highest BCUT2D eigenvalue weighted by Crippen LogP contribution is 2.31. The van der Waals surface area contributed by atoms with Gasteiger partial charge in [0.05, 0.1) is 11.3 Å². The number of nitrogens with one attached hydrogen (secondary N) is 1. The third-order valence-electron chi connectivity index (χ3n) is 3.54. The number of hydrogen-bond donors (Lipinski definition) is 1. The number of anilines is 1. The Morgan fingerprint density at radius 3 is 2.83 bits per heavy atom. The zero-order valence-electron chi connectivity index (χ0n) is 10.4. The summed E-state index contributed by atoms with van der Waals surface area (Å²) in [6.07, 6.45) is 2.45. The lowest BCUT2D eigenvalue weighted by atomic mass is 10.1. The molecule has 4 nitrogen and oxygen atoms in total. The predicted molar refractivity (Wildman–Crippen MR) is 68.9 cm³/mol. The van der Waals surface area contributed by atoms with Gasteiger partial charge in [-0.1, -0.05) is 12.1 Å². The molecule has 3 rings (SSSR count). The second-order valence-electron chi connectivity index (χ2n) is 4.99. The van der Waals surface area contributed by atoms with Gasteiger partial charge >= 0.3 is 0 Å². The normalized spacial score (nSPS) is 18.4. The first-order valence-electron chi connectivity index (χ1n) is 6.37. The van der Waals surface area contributed by atoms with Crippen LogP contribution in [0.2, 0.25) is 0 Å². The van der Waals surface area contributed by atoms with E-state index in [1.807, 2.05) is 19.1 Å². The minimum atomic E-state index is -0.392. The molecule has 0 bridgehead atoms. The lowest BCUT2D eigenvalue weighted by Crippen LogP contribution is -2.36. The number of hydrogen-bond acceptors (Lipinski definition) is 3. The standard InChI is InChI=1S/C14H16N2O2/c1-9-3-2-4-11-12(9)16(14(18)13(11)17)8-7-15-10-5-6-10/h2-4,10,15H,5-8H2,1H3. The summed E-state index contributed by atoms with van der Waals surface area (Å²) in [7, 11) is 0. The highest BCUT2D eigenvalue weighted by molar-refractivity contribution is 6.52. The Morgan fingerprint density at radius 2 is 2.11 bits per heavy atom. The van der Waals surface area contributed by atoms with Crippen molar-refractivity contribution in [1.82, 2.24) is 5.32 Å². The van der Waals surface area contributed by atoms with Crippen molar-refractivity contribution in [3.8, 4) is 0 Å². The van der Waals surface area contributed by atoms with E-state index in [2.05, 4.69) is 5.32 Å². The fourth-order valence-electron chi connectivity index (χ4n) is 2.42. The van der Waals surface area contributed by atoms with E-state index in [0.29, 0.717) is 18.2 Å². The van der Waals surface area contributed by atoms with Crippen LogP contribution in [0.25, 0.3) is 0 Å². The van der Waals surface area contributed by atoms with Crippen LogP contribution in [0, 0.1) is 6.92 Å². The first-order chi connectivity index (χ1) is 8.68. The molecule has 1 amide bonds. The quantitative estimate of drug-likeness (QED) is 0.812. The number of carbonyl (C=O) groups excluding carboxylic acids is 2. The van der Waals surface area contributed by atoms with Gasteiger partial charge in [-0.3, -0.25) is 9.59 Å². The summed E-state index contributed by atoms with van der Waals surface area (Å²) in [5.41, 5.74) is 2.33. The summed E-state index contributed by atoms with van der Waals surface area (Å²) in [6, 6.07) is 6.11. The first-order valence-corrected chi connectivity index (χ1v) is 6.37. The number of carbonyl (C=O) groups is 2. The van der Waals surface area contributed by atoms with Crippen LogP contribution in [-0.4, -0.2) is 30.8 Å². The van der Waals surface area contributed by atoms with Crippen LogP contribution >= 0.6 is 0 Å². The van der Waals surface area contributed by atoms with E-state index in [0.717, 1.165) is 17.8 Å². The van der Waals surface area contributed by atoms with E-state index in [1.54, 1.807) is 11.0 Å². The Hall–Kier alpha value is -1.68. The molecule has 0 saturated heterocycles. The van der Waals surface area contributed by atoms with E-state index in [1.165, 1.54) is 12.8 Å². The van der Waals surface area contributed by atoms with Gasteiger partial charge in [0.15, 0.2) is 0 Å². The van der Waals surface area contributed by atoms with Crippen molar-refractivity contribution in [3.05, 3.63) is 29.3 Å². The van der Waals surface area contributed by atoms with Crippen LogP contribution < -0.4 is 10.2 Å². The number of ketones is 1. The second kappa shape index (κ2) is 4.21. The number of Topliss-reactive ketones (excluding diaryl/α,β-unsaturated/α-hetero) is 1. The largest absolute Gasteiger partial charge is 0.312 e. The van der Waals surface area contributed by atoms with E-state index >= 15 is 0 Å². The average molecular weight is 244 g/mol. The van der Waals surface area contributed by atoms with Crippen molar-refractivity contribution in [3.63, 3.8) is 0 Å². The van der Waals surface area contributed by atoms with E-state index in [-0.39, 0.29) is 5.78 Å². The molecule has 0 spiro atoms. The van der Waals surface area contributed by atoms with Crippen molar-refractivity contribution < 1.29 is 9.59 Å².